The molecule has 0 amide bonds. The van der Waals surface area contributed by atoms with E-state index in [0.29, 0.717) is 29.5 Å². The van der Waals surface area contributed by atoms with Crippen LogP contribution in [0.3, 0.4) is 0 Å². The summed E-state index contributed by atoms with van der Waals surface area (Å²) in [7, 11) is 0. The Hall–Kier alpha value is -2.07. The molecular formula is C15H12FNO2. The number of hydrogen-bond acceptors (Lipinski definition) is 2. The zero-order chi connectivity index (χ0) is 13.0. The number of aromatic nitrogens is 1. The Balaban J connectivity index is 2.04. The lowest BCUT2D eigenvalue weighted by atomic mass is 10.0. The minimum Gasteiger partial charge on any atom is -0.507 e. The molecule has 1 aliphatic rings. The van der Waals surface area contributed by atoms with Gasteiger partial charge in [0.05, 0.1) is 23.6 Å². The van der Waals surface area contributed by atoms with Crippen LogP contribution < -0.4 is 0 Å². The molecule has 0 spiro atoms. The zero-order valence-corrected chi connectivity index (χ0v) is 10.1. The third-order valence-electron chi connectivity index (χ3n) is 3.62. The van der Waals surface area contributed by atoms with Gasteiger partial charge in [0.15, 0.2) is 5.82 Å². The van der Waals surface area contributed by atoms with Crippen LogP contribution in [0.4, 0.5) is 4.39 Å². The molecule has 1 aromatic heterocycles. The van der Waals surface area contributed by atoms with Gasteiger partial charge in [0.25, 0.3) is 0 Å². The molecule has 1 saturated heterocycles. The molecule has 1 atom stereocenters. The lowest BCUT2D eigenvalue weighted by Gasteiger charge is -2.04. The normalized spacial score (nSPS) is 18.3. The van der Waals surface area contributed by atoms with E-state index in [0.717, 1.165) is 10.9 Å². The maximum Gasteiger partial charge on any atom is 0.150 e. The van der Waals surface area contributed by atoms with Crippen molar-refractivity contribution in [1.29, 1.82) is 0 Å². The number of para-hydroxylation sites is 1. The predicted octanol–water partition coefficient (Wildman–Crippen LogP) is 3.11. The monoisotopic (exact) mass is 257 g/mol. The molecule has 0 aliphatic carbocycles. The molecule has 1 fully saturated rings. The Morgan fingerprint density at radius 1 is 1.37 bits per heavy atom. The molecule has 1 aliphatic heterocycles. The van der Waals surface area contributed by atoms with E-state index < -0.39 is 0 Å². The number of epoxide rings is 1. The number of phenolic OH excluding ortho intramolecular Hbond substituents is 1. The Morgan fingerprint density at radius 3 is 2.95 bits per heavy atom. The highest BCUT2D eigenvalue weighted by Gasteiger charge is 2.26. The fraction of sp³-hybridized carbons (Fsp3) is 0.200. The van der Waals surface area contributed by atoms with Crippen LogP contribution >= 0.6 is 0 Å². The summed E-state index contributed by atoms with van der Waals surface area (Å²) in [6, 6.07) is 9.01. The maximum absolute atomic E-state index is 14.5. The van der Waals surface area contributed by atoms with Crippen LogP contribution in [0.5, 0.6) is 5.75 Å². The Labute approximate surface area is 108 Å². The Morgan fingerprint density at radius 2 is 2.16 bits per heavy atom. The van der Waals surface area contributed by atoms with Gasteiger partial charge in [-0.05, 0) is 17.7 Å². The number of aromatic amines is 1. The molecule has 2 heterocycles. The summed E-state index contributed by atoms with van der Waals surface area (Å²) in [5, 5.41) is 11.6. The average Bonchev–Trinajstić information content (AvgIpc) is 3.12. The van der Waals surface area contributed by atoms with E-state index in [-0.39, 0.29) is 17.7 Å². The van der Waals surface area contributed by atoms with Crippen molar-refractivity contribution >= 4 is 21.8 Å². The number of hydrogen-bond donors (Lipinski definition) is 2. The van der Waals surface area contributed by atoms with Gasteiger partial charge in [-0.1, -0.05) is 18.2 Å². The number of benzene rings is 2. The minimum atomic E-state index is -0.292. The number of ether oxygens (including phenoxy) is 1. The number of nitrogens with one attached hydrogen (secondary N) is 1. The van der Waals surface area contributed by atoms with Crippen LogP contribution in [-0.4, -0.2) is 22.8 Å². The molecule has 96 valence electrons. The second-order valence-corrected chi connectivity index (χ2v) is 4.95. The van der Waals surface area contributed by atoms with E-state index in [4.69, 9.17) is 4.74 Å². The number of halogens is 1. The standard InChI is InChI=1S/C15H12FNO2/c16-14-8(5-9-7-19-9)6-12(18)13-10-3-1-2-4-11(10)17-15(13)14/h1-4,6,9,17-18H,5,7H2. The summed E-state index contributed by atoms with van der Waals surface area (Å²) in [5.74, 6) is -0.177. The van der Waals surface area contributed by atoms with Gasteiger partial charge in [0, 0.05) is 17.3 Å². The fourth-order valence-corrected chi connectivity index (χ4v) is 2.61. The minimum absolute atomic E-state index is 0.0933. The van der Waals surface area contributed by atoms with Crippen LogP contribution in [-0.2, 0) is 11.2 Å². The highest BCUT2D eigenvalue weighted by molar-refractivity contribution is 6.10. The molecule has 0 saturated carbocycles. The first-order chi connectivity index (χ1) is 9.24. The molecule has 3 aromatic rings. The third-order valence-corrected chi connectivity index (χ3v) is 3.62. The SMILES string of the molecule is Oc1cc(CC2CO2)c(F)c2[nH]c3ccccc3c12. The molecule has 19 heavy (non-hydrogen) atoms. The van der Waals surface area contributed by atoms with Crippen molar-refractivity contribution in [2.75, 3.05) is 6.61 Å². The Kier molecular flexibility index (Phi) is 2.11. The molecule has 4 rings (SSSR count). The lowest BCUT2D eigenvalue weighted by molar-refractivity contribution is 0.404. The van der Waals surface area contributed by atoms with Gasteiger partial charge in [-0.2, -0.15) is 0 Å². The first-order valence-electron chi connectivity index (χ1n) is 6.26. The van der Waals surface area contributed by atoms with Crippen molar-refractivity contribution in [2.45, 2.75) is 12.5 Å². The first kappa shape index (κ1) is 10.8. The summed E-state index contributed by atoms with van der Waals surface area (Å²) in [4.78, 5) is 3.05. The average molecular weight is 257 g/mol. The maximum atomic E-state index is 14.5. The smallest absolute Gasteiger partial charge is 0.150 e. The van der Waals surface area contributed by atoms with Crippen molar-refractivity contribution in [3.63, 3.8) is 0 Å². The molecule has 0 bridgehead atoms. The fourth-order valence-electron chi connectivity index (χ4n) is 2.61. The number of fused-ring (bicyclic) bond motifs is 3. The van der Waals surface area contributed by atoms with E-state index in [1.54, 1.807) is 0 Å². The van der Waals surface area contributed by atoms with Gasteiger partial charge >= 0.3 is 0 Å². The lowest BCUT2D eigenvalue weighted by Crippen LogP contribution is -1.97. The number of phenols is 1. The van der Waals surface area contributed by atoms with Gasteiger partial charge in [0.1, 0.15) is 5.75 Å². The quantitative estimate of drug-likeness (QED) is 0.693. The molecule has 2 N–H and O–H groups in total. The number of H-pyrrole nitrogens is 1. The predicted molar refractivity (Wildman–Crippen MR) is 70.9 cm³/mol. The van der Waals surface area contributed by atoms with Gasteiger partial charge in [-0.3, -0.25) is 0 Å². The topological polar surface area (TPSA) is 48.5 Å². The molecule has 0 radical (unpaired) electrons. The molecule has 3 nitrogen and oxygen atoms in total. The van der Waals surface area contributed by atoms with Crippen molar-refractivity contribution < 1.29 is 14.2 Å². The van der Waals surface area contributed by atoms with Crippen LogP contribution in [0.2, 0.25) is 0 Å². The van der Waals surface area contributed by atoms with E-state index in [9.17, 15) is 9.50 Å². The van der Waals surface area contributed by atoms with Crippen molar-refractivity contribution in [3.05, 3.63) is 41.7 Å². The van der Waals surface area contributed by atoms with Crippen LogP contribution in [0.25, 0.3) is 21.8 Å². The van der Waals surface area contributed by atoms with E-state index >= 15 is 0 Å². The second kappa shape index (κ2) is 3.71. The summed E-state index contributed by atoms with van der Waals surface area (Å²) >= 11 is 0. The molecular weight excluding hydrogens is 245 g/mol. The number of aromatic hydroxyl groups is 1. The van der Waals surface area contributed by atoms with Gasteiger partial charge < -0.3 is 14.8 Å². The van der Waals surface area contributed by atoms with Crippen LogP contribution in [0, 0.1) is 5.82 Å². The third kappa shape index (κ3) is 1.60. The van der Waals surface area contributed by atoms with Gasteiger partial charge in [0.2, 0.25) is 0 Å². The second-order valence-electron chi connectivity index (χ2n) is 4.95. The highest BCUT2D eigenvalue weighted by atomic mass is 19.1. The molecule has 1 unspecified atom stereocenters. The highest BCUT2D eigenvalue weighted by Crippen LogP contribution is 2.36. The summed E-state index contributed by atoms with van der Waals surface area (Å²) in [6.07, 6.45) is 0.598. The first-order valence-corrected chi connectivity index (χ1v) is 6.26. The summed E-state index contributed by atoms with van der Waals surface area (Å²) in [6.45, 7) is 0.672. The van der Waals surface area contributed by atoms with E-state index in [1.165, 1.54) is 6.07 Å². The Bertz CT molecular complexity index is 790. The summed E-state index contributed by atoms with van der Waals surface area (Å²) in [5.41, 5.74) is 1.70. The van der Waals surface area contributed by atoms with Gasteiger partial charge in [-0.15, -0.1) is 0 Å². The molecule has 4 heteroatoms. The van der Waals surface area contributed by atoms with Crippen LogP contribution in [0.15, 0.2) is 30.3 Å². The largest absolute Gasteiger partial charge is 0.507 e. The van der Waals surface area contributed by atoms with Crippen molar-refractivity contribution in [1.82, 2.24) is 4.98 Å². The van der Waals surface area contributed by atoms with E-state index in [1.807, 2.05) is 24.3 Å². The zero-order valence-electron chi connectivity index (χ0n) is 10.1. The molecule has 2 aromatic carbocycles. The van der Waals surface area contributed by atoms with Crippen molar-refractivity contribution in [3.8, 4) is 5.75 Å². The van der Waals surface area contributed by atoms with Crippen LogP contribution in [0.1, 0.15) is 5.56 Å². The summed E-state index contributed by atoms with van der Waals surface area (Å²) < 4.78 is 19.6. The number of rotatable bonds is 2. The van der Waals surface area contributed by atoms with Gasteiger partial charge in [-0.25, -0.2) is 4.39 Å². The van der Waals surface area contributed by atoms with Crippen molar-refractivity contribution in [2.24, 2.45) is 0 Å². The van der Waals surface area contributed by atoms with E-state index in [2.05, 4.69) is 4.98 Å².